The molecule has 126 valence electrons. The van der Waals surface area contributed by atoms with E-state index < -0.39 is 0 Å². The number of ether oxygens (including phenoxy) is 1. The number of hydrogen-bond acceptors (Lipinski definition) is 5. The second-order valence-electron chi connectivity index (χ2n) is 5.35. The minimum atomic E-state index is 0.385. The lowest BCUT2D eigenvalue weighted by Crippen LogP contribution is -2.17. The molecule has 0 aliphatic rings. The lowest BCUT2D eigenvalue weighted by molar-refractivity contribution is 0.111. The van der Waals surface area contributed by atoms with Crippen LogP contribution in [0.2, 0.25) is 5.02 Å². The summed E-state index contributed by atoms with van der Waals surface area (Å²) < 4.78 is 5.64. The first-order chi connectivity index (χ1) is 11.6. The van der Waals surface area contributed by atoms with Crippen molar-refractivity contribution >= 4 is 24.2 Å². The van der Waals surface area contributed by atoms with Crippen molar-refractivity contribution in [3.63, 3.8) is 0 Å². The molecular weight excluding hydrogens is 328 g/mol. The van der Waals surface area contributed by atoms with Crippen LogP contribution in [0.1, 0.15) is 37.5 Å². The molecule has 0 atom stereocenters. The fourth-order valence-corrected chi connectivity index (χ4v) is 2.59. The van der Waals surface area contributed by atoms with Crippen LogP contribution in [0.15, 0.2) is 24.4 Å². The van der Waals surface area contributed by atoms with Gasteiger partial charge in [0.2, 0.25) is 0 Å². The summed E-state index contributed by atoms with van der Waals surface area (Å²) in [5, 5.41) is 3.42. The lowest BCUT2D eigenvalue weighted by Gasteiger charge is -2.15. The van der Waals surface area contributed by atoms with E-state index in [0.717, 1.165) is 23.0 Å². The fourth-order valence-electron chi connectivity index (χ4n) is 2.30. The molecule has 0 saturated heterocycles. The number of nitrogens with one attached hydrogen (secondary N) is 1. The van der Waals surface area contributed by atoms with Crippen molar-refractivity contribution in [2.45, 2.75) is 13.3 Å². The van der Waals surface area contributed by atoms with Crippen LogP contribution in [-0.4, -0.2) is 37.8 Å². The second-order valence-corrected chi connectivity index (χ2v) is 5.73. The number of aldehydes is 2. The van der Waals surface area contributed by atoms with Gasteiger partial charge in [-0.25, -0.2) is 0 Å². The molecule has 0 amide bonds. The number of aromatic nitrogens is 1. The van der Waals surface area contributed by atoms with Crippen molar-refractivity contribution in [3.05, 3.63) is 57.4 Å². The summed E-state index contributed by atoms with van der Waals surface area (Å²) >= 11 is 6.41. The number of carbonyl (C=O) groups excluding carboxylic acids is 2. The van der Waals surface area contributed by atoms with Crippen molar-refractivity contribution in [2.24, 2.45) is 0 Å². The average molecular weight is 347 g/mol. The van der Waals surface area contributed by atoms with Gasteiger partial charge in [0.25, 0.3) is 0 Å². The smallest absolute Gasteiger partial charge is 0.168 e. The number of benzene rings is 1. The molecule has 1 N–H and O–H groups in total. The predicted octanol–water partition coefficient (Wildman–Crippen LogP) is 2.86. The van der Waals surface area contributed by atoms with Crippen LogP contribution in [0.25, 0.3) is 0 Å². The fraction of sp³-hybridized carbons (Fsp3) is 0.278. The van der Waals surface area contributed by atoms with Gasteiger partial charge in [0.05, 0.1) is 10.6 Å². The summed E-state index contributed by atoms with van der Waals surface area (Å²) in [4.78, 5) is 26.1. The van der Waals surface area contributed by atoms with Crippen molar-refractivity contribution in [1.82, 2.24) is 10.3 Å². The summed E-state index contributed by atoms with van der Waals surface area (Å²) in [6.07, 6.45) is 3.66. The zero-order valence-electron chi connectivity index (χ0n) is 13.6. The molecular formula is C18H19ClN2O3. The quantitative estimate of drug-likeness (QED) is 0.588. The van der Waals surface area contributed by atoms with E-state index in [9.17, 15) is 9.59 Å². The number of likely N-dealkylation sites (N-methyl/N-ethyl adjacent to an activating group) is 1. The number of halogens is 1. The highest BCUT2D eigenvalue weighted by molar-refractivity contribution is 6.33. The Hall–Kier alpha value is -2.24. The molecule has 1 aromatic heterocycles. The monoisotopic (exact) mass is 346 g/mol. The van der Waals surface area contributed by atoms with Gasteiger partial charge in [-0.1, -0.05) is 17.7 Å². The van der Waals surface area contributed by atoms with E-state index in [2.05, 4.69) is 10.3 Å². The Kier molecular flexibility index (Phi) is 6.46. The van der Waals surface area contributed by atoms with Crippen LogP contribution in [0.4, 0.5) is 0 Å². The van der Waals surface area contributed by atoms with E-state index in [1.54, 1.807) is 18.3 Å². The Balaban J connectivity index is 2.31. The molecule has 0 bridgehead atoms. The molecule has 0 radical (unpaired) electrons. The topological polar surface area (TPSA) is 68.3 Å². The Labute approximate surface area is 146 Å². The van der Waals surface area contributed by atoms with Gasteiger partial charge >= 0.3 is 0 Å². The third-order valence-corrected chi connectivity index (χ3v) is 4.15. The van der Waals surface area contributed by atoms with Crippen molar-refractivity contribution in [3.8, 4) is 5.75 Å². The maximum Gasteiger partial charge on any atom is 0.168 e. The van der Waals surface area contributed by atoms with Crippen molar-refractivity contribution < 1.29 is 14.3 Å². The van der Waals surface area contributed by atoms with Gasteiger partial charge < -0.3 is 10.1 Å². The van der Waals surface area contributed by atoms with Gasteiger partial charge in [0.15, 0.2) is 12.6 Å². The number of pyridine rings is 1. The maximum absolute atomic E-state index is 11.4. The second kappa shape index (κ2) is 8.57. The highest BCUT2D eigenvalue weighted by atomic mass is 35.5. The summed E-state index contributed by atoms with van der Waals surface area (Å²) in [5.41, 5.74) is 3.52. The SMILES string of the molecule is CNCCOc1c(C=O)cc(Cc2ccc(C=O)nc2)c(C)c1Cl. The summed E-state index contributed by atoms with van der Waals surface area (Å²) in [6, 6.07) is 5.29. The van der Waals surface area contributed by atoms with E-state index in [4.69, 9.17) is 16.3 Å². The molecule has 1 aromatic carbocycles. The van der Waals surface area contributed by atoms with Crippen molar-refractivity contribution in [1.29, 1.82) is 0 Å². The molecule has 5 nitrogen and oxygen atoms in total. The summed E-state index contributed by atoms with van der Waals surface area (Å²) in [6.45, 7) is 2.97. The molecule has 24 heavy (non-hydrogen) atoms. The van der Waals surface area contributed by atoms with Gasteiger partial charge in [0, 0.05) is 12.7 Å². The molecule has 0 spiro atoms. The van der Waals surface area contributed by atoms with Crippen LogP contribution < -0.4 is 10.1 Å². The highest BCUT2D eigenvalue weighted by Gasteiger charge is 2.15. The molecule has 0 aliphatic carbocycles. The third-order valence-electron chi connectivity index (χ3n) is 3.69. The van der Waals surface area contributed by atoms with Gasteiger partial charge in [-0.2, -0.15) is 0 Å². The van der Waals surface area contributed by atoms with E-state index in [1.165, 1.54) is 0 Å². The molecule has 1 heterocycles. The number of carbonyl (C=O) groups is 2. The van der Waals surface area contributed by atoms with Gasteiger partial charge in [0.1, 0.15) is 18.1 Å². The van der Waals surface area contributed by atoms with Crippen LogP contribution >= 0.6 is 11.6 Å². The number of nitrogens with zero attached hydrogens (tertiary/aromatic N) is 1. The summed E-state index contributed by atoms with van der Waals surface area (Å²) in [5.74, 6) is 0.414. The average Bonchev–Trinajstić information content (AvgIpc) is 2.61. The predicted molar refractivity (Wildman–Crippen MR) is 93.4 cm³/mol. The van der Waals surface area contributed by atoms with Crippen molar-refractivity contribution in [2.75, 3.05) is 20.2 Å². The zero-order valence-corrected chi connectivity index (χ0v) is 14.4. The van der Waals surface area contributed by atoms with Crippen LogP contribution in [-0.2, 0) is 6.42 Å². The molecule has 0 fully saturated rings. The number of rotatable bonds is 8. The number of hydrogen-bond donors (Lipinski definition) is 1. The first kappa shape index (κ1) is 18.1. The Morgan fingerprint density at radius 1 is 1.29 bits per heavy atom. The zero-order chi connectivity index (χ0) is 17.5. The van der Waals surface area contributed by atoms with Gasteiger partial charge in [-0.15, -0.1) is 0 Å². The Morgan fingerprint density at radius 3 is 2.67 bits per heavy atom. The molecule has 6 heteroatoms. The minimum Gasteiger partial charge on any atom is -0.490 e. The molecule has 0 aliphatic heterocycles. The van der Waals surface area contributed by atoms with E-state index >= 15 is 0 Å². The minimum absolute atomic E-state index is 0.385. The first-order valence-corrected chi connectivity index (χ1v) is 7.93. The molecule has 0 saturated carbocycles. The maximum atomic E-state index is 11.4. The van der Waals surface area contributed by atoms with E-state index in [1.807, 2.05) is 20.0 Å². The summed E-state index contributed by atoms with van der Waals surface area (Å²) in [7, 11) is 1.82. The normalized spacial score (nSPS) is 10.5. The lowest BCUT2D eigenvalue weighted by atomic mass is 9.98. The standard InChI is InChI=1S/C18H19ClN2O3/c1-12-14(7-13-3-4-16(11-23)21-9-13)8-15(10-22)18(17(12)19)24-6-5-20-2/h3-4,8-11,20H,5-7H2,1-2H3. The van der Waals surface area contributed by atoms with E-state index in [0.29, 0.717) is 47.9 Å². The Bertz CT molecular complexity index is 730. The Morgan fingerprint density at radius 2 is 2.08 bits per heavy atom. The van der Waals surface area contributed by atoms with Crippen LogP contribution in [0.5, 0.6) is 5.75 Å². The molecule has 2 aromatic rings. The van der Waals surface area contributed by atoms with Gasteiger partial charge in [-0.05, 0) is 49.2 Å². The van der Waals surface area contributed by atoms with Gasteiger partial charge in [-0.3, -0.25) is 14.6 Å². The largest absolute Gasteiger partial charge is 0.490 e. The third kappa shape index (κ3) is 4.19. The molecule has 2 rings (SSSR count). The van der Waals surface area contributed by atoms with Crippen LogP contribution in [0.3, 0.4) is 0 Å². The first-order valence-electron chi connectivity index (χ1n) is 7.55. The van der Waals surface area contributed by atoms with Crippen LogP contribution in [0, 0.1) is 6.92 Å². The van der Waals surface area contributed by atoms with E-state index in [-0.39, 0.29) is 0 Å². The molecule has 0 unspecified atom stereocenters. The highest BCUT2D eigenvalue weighted by Crippen LogP contribution is 2.34.